The van der Waals surface area contributed by atoms with Crippen LogP contribution >= 0.6 is 0 Å². The Balaban J connectivity index is 2.03. The number of guanidine groups is 1. The van der Waals surface area contributed by atoms with Crippen LogP contribution in [-0.4, -0.2) is 49.0 Å². The Bertz CT molecular complexity index is 497. The van der Waals surface area contributed by atoms with Gasteiger partial charge in [-0.2, -0.15) is 0 Å². The monoisotopic (exact) mass is 291 g/mol. The lowest BCUT2D eigenvalue weighted by molar-refractivity contribution is 0.280. The second kappa shape index (κ2) is 6.92. The van der Waals surface area contributed by atoms with Crippen molar-refractivity contribution in [2.45, 2.75) is 32.7 Å². The highest BCUT2D eigenvalue weighted by molar-refractivity contribution is 5.81. The fourth-order valence-electron chi connectivity index (χ4n) is 2.91. The first-order valence-corrected chi connectivity index (χ1v) is 7.70. The third kappa shape index (κ3) is 4.19. The number of hydrogen-bond donors (Lipinski definition) is 0. The fourth-order valence-corrected chi connectivity index (χ4v) is 2.91. The molecule has 116 valence electrons. The zero-order chi connectivity index (χ0) is 15.4. The Morgan fingerprint density at radius 1 is 1.38 bits per heavy atom. The van der Waals surface area contributed by atoms with Gasteiger partial charge < -0.3 is 9.80 Å². The lowest BCUT2D eigenvalue weighted by atomic mass is 10.0. The highest BCUT2D eigenvalue weighted by Gasteiger charge is 2.28. The van der Waals surface area contributed by atoms with Gasteiger partial charge in [0, 0.05) is 20.6 Å². The van der Waals surface area contributed by atoms with Gasteiger partial charge in [0.05, 0.1) is 12.6 Å². The van der Waals surface area contributed by atoms with E-state index in [1.165, 1.54) is 6.07 Å². The zero-order valence-electron chi connectivity index (χ0n) is 13.5. The summed E-state index contributed by atoms with van der Waals surface area (Å²) in [5, 5.41) is 0. The van der Waals surface area contributed by atoms with Crippen LogP contribution in [0.5, 0.6) is 0 Å². The number of rotatable bonds is 5. The average Bonchev–Trinajstić information content (AvgIpc) is 2.78. The van der Waals surface area contributed by atoms with Gasteiger partial charge in [0.25, 0.3) is 0 Å². The van der Waals surface area contributed by atoms with Gasteiger partial charge in [-0.05, 0) is 36.5 Å². The van der Waals surface area contributed by atoms with Crippen molar-refractivity contribution in [3.8, 4) is 0 Å². The second-order valence-electron chi connectivity index (χ2n) is 6.39. The van der Waals surface area contributed by atoms with E-state index in [9.17, 15) is 4.39 Å². The highest BCUT2D eigenvalue weighted by atomic mass is 19.1. The van der Waals surface area contributed by atoms with Gasteiger partial charge >= 0.3 is 0 Å². The standard InChI is InChI=1S/C17H26FN3/c1-13(2)10-16-12-19-17(20(3)4)21(16)9-8-14-6-5-7-15(18)11-14/h5-7,11,13,16H,8-10,12H2,1-4H3/t16-/m0/s1. The molecule has 1 aromatic rings. The number of nitrogens with zero attached hydrogens (tertiary/aromatic N) is 3. The summed E-state index contributed by atoms with van der Waals surface area (Å²) in [5.74, 6) is 1.55. The quantitative estimate of drug-likeness (QED) is 0.830. The first-order valence-electron chi connectivity index (χ1n) is 7.70. The van der Waals surface area contributed by atoms with Crippen LogP contribution < -0.4 is 0 Å². The Morgan fingerprint density at radius 2 is 2.14 bits per heavy atom. The molecule has 0 saturated carbocycles. The molecule has 21 heavy (non-hydrogen) atoms. The van der Waals surface area contributed by atoms with Gasteiger partial charge in [0.2, 0.25) is 0 Å². The maximum Gasteiger partial charge on any atom is 0.196 e. The molecule has 0 saturated heterocycles. The number of hydrogen-bond acceptors (Lipinski definition) is 3. The molecule has 2 rings (SSSR count). The van der Waals surface area contributed by atoms with E-state index in [1.54, 1.807) is 12.1 Å². The minimum Gasteiger partial charge on any atom is -0.349 e. The number of halogens is 1. The van der Waals surface area contributed by atoms with Crippen LogP contribution in [0.3, 0.4) is 0 Å². The molecule has 1 atom stereocenters. The molecule has 0 amide bonds. The molecular weight excluding hydrogens is 265 g/mol. The van der Waals surface area contributed by atoms with Crippen molar-refractivity contribution in [1.82, 2.24) is 9.80 Å². The van der Waals surface area contributed by atoms with E-state index >= 15 is 0 Å². The van der Waals surface area contributed by atoms with Crippen molar-refractivity contribution >= 4 is 5.96 Å². The van der Waals surface area contributed by atoms with Crippen molar-refractivity contribution in [2.75, 3.05) is 27.2 Å². The first kappa shape index (κ1) is 15.8. The molecule has 0 unspecified atom stereocenters. The highest BCUT2D eigenvalue weighted by Crippen LogP contribution is 2.20. The van der Waals surface area contributed by atoms with Crippen molar-refractivity contribution in [3.05, 3.63) is 35.6 Å². The molecule has 1 aromatic carbocycles. The largest absolute Gasteiger partial charge is 0.349 e. The predicted octanol–water partition coefficient (Wildman–Crippen LogP) is 3.02. The van der Waals surface area contributed by atoms with Crippen LogP contribution in [0.4, 0.5) is 4.39 Å². The molecule has 1 aliphatic rings. The van der Waals surface area contributed by atoms with Gasteiger partial charge in [-0.25, -0.2) is 4.39 Å². The molecule has 4 heteroatoms. The zero-order valence-corrected chi connectivity index (χ0v) is 13.5. The van der Waals surface area contributed by atoms with Gasteiger partial charge in [0.1, 0.15) is 5.82 Å². The van der Waals surface area contributed by atoms with E-state index in [2.05, 4.69) is 28.6 Å². The molecule has 1 heterocycles. The van der Waals surface area contributed by atoms with E-state index in [1.807, 2.05) is 20.2 Å². The lowest BCUT2D eigenvalue weighted by Crippen LogP contribution is -2.44. The minimum absolute atomic E-state index is 0.158. The Kier molecular flexibility index (Phi) is 5.21. The topological polar surface area (TPSA) is 18.8 Å². The number of aliphatic imine (C=N–C) groups is 1. The fraction of sp³-hybridized carbons (Fsp3) is 0.588. The van der Waals surface area contributed by atoms with Crippen LogP contribution in [0.15, 0.2) is 29.3 Å². The van der Waals surface area contributed by atoms with Crippen LogP contribution in [-0.2, 0) is 6.42 Å². The molecule has 0 aromatic heterocycles. The molecule has 0 bridgehead atoms. The van der Waals surface area contributed by atoms with Crippen LogP contribution in [0.25, 0.3) is 0 Å². The molecule has 3 nitrogen and oxygen atoms in total. The summed E-state index contributed by atoms with van der Waals surface area (Å²) >= 11 is 0. The molecule has 0 spiro atoms. The van der Waals surface area contributed by atoms with Gasteiger partial charge in [-0.3, -0.25) is 4.99 Å². The summed E-state index contributed by atoms with van der Waals surface area (Å²) in [5.41, 5.74) is 1.04. The molecule has 0 fully saturated rings. The molecule has 0 radical (unpaired) electrons. The summed E-state index contributed by atoms with van der Waals surface area (Å²) in [6, 6.07) is 7.36. The molecular formula is C17H26FN3. The molecule has 0 N–H and O–H groups in total. The maximum absolute atomic E-state index is 13.3. The van der Waals surface area contributed by atoms with Crippen molar-refractivity contribution in [2.24, 2.45) is 10.9 Å². The van der Waals surface area contributed by atoms with Crippen LogP contribution in [0.1, 0.15) is 25.8 Å². The maximum atomic E-state index is 13.3. The summed E-state index contributed by atoms with van der Waals surface area (Å²) in [6.45, 7) is 6.25. The van der Waals surface area contributed by atoms with E-state index in [0.717, 1.165) is 37.5 Å². The van der Waals surface area contributed by atoms with E-state index in [4.69, 9.17) is 0 Å². The van der Waals surface area contributed by atoms with Gasteiger partial charge in [0.15, 0.2) is 5.96 Å². The average molecular weight is 291 g/mol. The Hall–Kier alpha value is -1.58. The summed E-state index contributed by atoms with van der Waals surface area (Å²) in [7, 11) is 4.07. The van der Waals surface area contributed by atoms with Crippen molar-refractivity contribution < 1.29 is 4.39 Å². The van der Waals surface area contributed by atoms with Crippen LogP contribution in [0.2, 0.25) is 0 Å². The smallest absolute Gasteiger partial charge is 0.196 e. The van der Waals surface area contributed by atoms with E-state index in [-0.39, 0.29) is 5.82 Å². The third-order valence-corrected chi connectivity index (χ3v) is 3.82. The number of benzene rings is 1. The van der Waals surface area contributed by atoms with Gasteiger partial charge in [-0.1, -0.05) is 26.0 Å². The summed E-state index contributed by atoms with van der Waals surface area (Å²) < 4.78 is 13.3. The van der Waals surface area contributed by atoms with Crippen LogP contribution in [0, 0.1) is 11.7 Å². The van der Waals surface area contributed by atoms with Crippen molar-refractivity contribution in [1.29, 1.82) is 0 Å². The molecule has 1 aliphatic heterocycles. The first-order chi connectivity index (χ1) is 9.97. The normalized spacial score (nSPS) is 18.3. The van der Waals surface area contributed by atoms with Crippen molar-refractivity contribution in [3.63, 3.8) is 0 Å². The summed E-state index contributed by atoms with van der Waals surface area (Å²) in [4.78, 5) is 9.13. The SMILES string of the molecule is CC(C)C[C@H]1CN=C(N(C)C)N1CCc1cccc(F)c1. The second-order valence-corrected chi connectivity index (χ2v) is 6.39. The minimum atomic E-state index is -0.158. The Labute approximate surface area is 127 Å². The van der Waals surface area contributed by atoms with E-state index in [0.29, 0.717) is 12.0 Å². The lowest BCUT2D eigenvalue weighted by Gasteiger charge is -2.31. The van der Waals surface area contributed by atoms with Gasteiger partial charge in [-0.15, -0.1) is 0 Å². The molecule has 0 aliphatic carbocycles. The third-order valence-electron chi connectivity index (χ3n) is 3.82. The predicted molar refractivity (Wildman–Crippen MR) is 86.0 cm³/mol. The van der Waals surface area contributed by atoms with E-state index < -0.39 is 0 Å². The summed E-state index contributed by atoms with van der Waals surface area (Å²) in [6.07, 6.45) is 1.99. The Morgan fingerprint density at radius 3 is 2.76 bits per heavy atom.